The molecule has 0 bridgehead atoms. The lowest BCUT2D eigenvalue weighted by atomic mass is 10.1. The number of halogens is 3. The fourth-order valence-electron chi connectivity index (χ4n) is 2.72. The SMILES string of the molecule is CC(C)C(=O)Nc1ccc(-c2nnc(NCCCN3CCOCC3)o2)cc1.O=C(O)C(F)(F)F. The third kappa shape index (κ3) is 9.35. The Labute approximate surface area is 194 Å². The van der Waals surface area contributed by atoms with E-state index >= 15 is 0 Å². The predicted octanol–water partition coefficient (Wildman–Crippen LogP) is 3.10. The second-order valence-corrected chi connectivity index (χ2v) is 7.67. The molecule has 0 atom stereocenters. The first kappa shape index (κ1) is 27.1. The lowest BCUT2D eigenvalue weighted by molar-refractivity contribution is -0.192. The van der Waals surface area contributed by atoms with Crippen molar-refractivity contribution in [2.75, 3.05) is 50.0 Å². The fraction of sp³-hybridized carbons (Fsp3) is 0.524. The molecule has 2 heterocycles. The third-order valence-electron chi connectivity index (χ3n) is 4.62. The summed E-state index contributed by atoms with van der Waals surface area (Å²) in [5.74, 6) is -2.37. The maximum Gasteiger partial charge on any atom is 0.490 e. The number of hydrogen-bond donors (Lipinski definition) is 3. The Morgan fingerprint density at radius 2 is 1.76 bits per heavy atom. The lowest BCUT2D eigenvalue weighted by Crippen LogP contribution is -2.37. The number of carbonyl (C=O) groups excluding carboxylic acids is 1. The summed E-state index contributed by atoms with van der Waals surface area (Å²) in [7, 11) is 0. The molecule has 1 aromatic carbocycles. The number of morpholine rings is 1. The maximum atomic E-state index is 11.7. The summed E-state index contributed by atoms with van der Waals surface area (Å²) < 4.78 is 42.7. The van der Waals surface area contributed by atoms with Gasteiger partial charge in [-0.3, -0.25) is 9.69 Å². The number of hydrogen-bond acceptors (Lipinski definition) is 8. The molecule has 10 nitrogen and oxygen atoms in total. The molecular formula is C21H28F3N5O5. The van der Waals surface area contributed by atoms with Crippen molar-refractivity contribution in [1.29, 1.82) is 0 Å². The van der Waals surface area contributed by atoms with Gasteiger partial charge in [-0.1, -0.05) is 18.9 Å². The zero-order valence-electron chi connectivity index (χ0n) is 18.9. The topological polar surface area (TPSA) is 130 Å². The molecule has 34 heavy (non-hydrogen) atoms. The number of amides is 1. The van der Waals surface area contributed by atoms with Crippen molar-refractivity contribution in [2.45, 2.75) is 26.4 Å². The van der Waals surface area contributed by atoms with Crippen LogP contribution in [0.1, 0.15) is 20.3 Å². The van der Waals surface area contributed by atoms with Crippen LogP contribution in [-0.4, -0.2) is 77.6 Å². The number of rotatable bonds is 8. The van der Waals surface area contributed by atoms with Crippen LogP contribution in [0.5, 0.6) is 0 Å². The highest BCUT2D eigenvalue weighted by atomic mass is 19.4. The molecule has 3 N–H and O–H groups in total. The van der Waals surface area contributed by atoms with E-state index < -0.39 is 12.1 Å². The van der Waals surface area contributed by atoms with Crippen LogP contribution >= 0.6 is 0 Å². The standard InChI is InChI=1S/C19H27N5O3.C2HF3O2/c1-14(2)17(25)21-16-6-4-15(5-7-16)18-22-23-19(27-18)20-8-3-9-24-10-12-26-13-11-24;3-2(4,5)1(6)7/h4-7,14H,3,8-13H2,1-2H3,(H,20,23)(H,21,25);(H,6,7). The molecule has 1 aliphatic rings. The van der Waals surface area contributed by atoms with Gasteiger partial charge in [0, 0.05) is 36.8 Å². The minimum atomic E-state index is -5.08. The van der Waals surface area contributed by atoms with Crippen LogP contribution < -0.4 is 10.6 Å². The lowest BCUT2D eigenvalue weighted by Gasteiger charge is -2.26. The number of nitrogens with one attached hydrogen (secondary N) is 2. The first-order valence-corrected chi connectivity index (χ1v) is 10.6. The number of ether oxygens (including phenoxy) is 1. The monoisotopic (exact) mass is 487 g/mol. The molecule has 1 fully saturated rings. The van der Waals surface area contributed by atoms with Crippen molar-refractivity contribution >= 4 is 23.6 Å². The predicted molar refractivity (Wildman–Crippen MR) is 117 cm³/mol. The summed E-state index contributed by atoms with van der Waals surface area (Å²) >= 11 is 0. The zero-order valence-corrected chi connectivity index (χ0v) is 18.9. The summed E-state index contributed by atoms with van der Waals surface area (Å²) in [4.78, 5) is 23.0. The second-order valence-electron chi connectivity index (χ2n) is 7.67. The number of carboxylic acids is 1. The number of carboxylic acid groups (broad SMARTS) is 1. The number of aromatic nitrogens is 2. The van der Waals surface area contributed by atoms with Gasteiger partial charge >= 0.3 is 18.2 Å². The van der Waals surface area contributed by atoms with E-state index in [4.69, 9.17) is 19.1 Å². The van der Waals surface area contributed by atoms with Gasteiger partial charge in [-0.05, 0) is 37.2 Å². The van der Waals surface area contributed by atoms with Crippen LogP contribution in [0.25, 0.3) is 11.5 Å². The maximum absolute atomic E-state index is 11.7. The van der Waals surface area contributed by atoms with Gasteiger partial charge in [0.25, 0.3) is 0 Å². The van der Waals surface area contributed by atoms with Crippen molar-refractivity contribution in [3.8, 4) is 11.5 Å². The molecule has 1 aromatic heterocycles. The smallest absolute Gasteiger partial charge is 0.475 e. The number of alkyl halides is 3. The Bertz CT molecular complexity index is 912. The number of carbonyl (C=O) groups is 2. The van der Waals surface area contributed by atoms with Gasteiger partial charge in [0.15, 0.2) is 0 Å². The van der Waals surface area contributed by atoms with Crippen LogP contribution in [0.3, 0.4) is 0 Å². The third-order valence-corrected chi connectivity index (χ3v) is 4.62. The molecule has 0 unspecified atom stereocenters. The van der Waals surface area contributed by atoms with Crippen LogP contribution in [0.4, 0.5) is 24.9 Å². The minimum absolute atomic E-state index is 0.0101. The van der Waals surface area contributed by atoms with E-state index in [2.05, 4.69) is 25.7 Å². The summed E-state index contributed by atoms with van der Waals surface area (Å²) in [6.45, 7) is 9.16. The molecule has 3 rings (SSSR count). The van der Waals surface area contributed by atoms with E-state index in [1.165, 1.54) is 0 Å². The summed E-state index contributed by atoms with van der Waals surface area (Å²) in [5, 5.41) is 21.3. The van der Waals surface area contributed by atoms with Gasteiger partial charge < -0.3 is 24.9 Å². The number of benzene rings is 1. The minimum Gasteiger partial charge on any atom is -0.475 e. The van der Waals surface area contributed by atoms with E-state index in [0.29, 0.717) is 11.9 Å². The van der Waals surface area contributed by atoms with Crippen molar-refractivity contribution in [1.82, 2.24) is 15.1 Å². The van der Waals surface area contributed by atoms with Crippen LogP contribution in [0.15, 0.2) is 28.7 Å². The molecule has 0 radical (unpaired) electrons. The first-order valence-electron chi connectivity index (χ1n) is 10.6. The molecule has 0 aliphatic carbocycles. The van der Waals surface area contributed by atoms with E-state index in [9.17, 15) is 18.0 Å². The molecule has 188 valence electrons. The molecule has 0 saturated carbocycles. The van der Waals surface area contributed by atoms with Crippen molar-refractivity contribution < 1.29 is 37.0 Å². The molecule has 1 amide bonds. The largest absolute Gasteiger partial charge is 0.490 e. The summed E-state index contributed by atoms with van der Waals surface area (Å²) in [6.07, 6.45) is -4.08. The normalized spacial score (nSPS) is 14.3. The van der Waals surface area contributed by atoms with E-state index in [0.717, 1.165) is 57.1 Å². The Hall–Kier alpha value is -3.19. The van der Waals surface area contributed by atoms with Crippen molar-refractivity contribution in [3.05, 3.63) is 24.3 Å². The Morgan fingerprint density at radius 3 is 2.32 bits per heavy atom. The number of nitrogens with zero attached hydrogens (tertiary/aromatic N) is 3. The molecule has 1 aliphatic heterocycles. The van der Waals surface area contributed by atoms with Gasteiger partial charge in [-0.2, -0.15) is 13.2 Å². The van der Waals surface area contributed by atoms with Crippen LogP contribution in [0.2, 0.25) is 0 Å². The highest BCUT2D eigenvalue weighted by Gasteiger charge is 2.38. The number of anilines is 2. The van der Waals surface area contributed by atoms with Crippen LogP contribution in [-0.2, 0) is 14.3 Å². The molecule has 2 aromatic rings. The summed E-state index contributed by atoms with van der Waals surface area (Å²) in [5.41, 5.74) is 1.56. The van der Waals surface area contributed by atoms with Crippen molar-refractivity contribution in [2.24, 2.45) is 5.92 Å². The Balaban J connectivity index is 0.000000509. The van der Waals surface area contributed by atoms with E-state index in [1.54, 1.807) is 0 Å². The van der Waals surface area contributed by atoms with E-state index in [1.807, 2.05) is 38.1 Å². The second kappa shape index (κ2) is 12.9. The zero-order chi connectivity index (χ0) is 25.1. The Kier molecular flexibility index (Phi) is 10.3. The molecule has 0 spiro atoms. The quantitative estimate of drug-likeness (QED) is 0.481. The molecule has 1 saturated heterocycles. The van der Waals surface area contributed by atoms with Gasteiger partial charge in [-0.25, -0.2) is 4.79 Å². The van der Waals surface area contributed by atoms with E-state index in [-0.39, 0.29) is 11.8 Å². The first-order chi connectivity index (χ1) is 16.1. The highest BCUT2D eigenvalue weighted by Crippen LogP contribution is 2.22. The Morgan fingerprint density at radius 1 is 1.15 bits per heavy atom. The van der Waals surface area contributed by atoms with Gasteiger partial charge in [-0.15, -0.1) is 5.10 Å². The molecule has 13 heteroatoms. The summed E-state index contributed by atoms with van der Waals surface area (Å²) in [6, 6.07) is 7.78. The van der Waals surface area contributed by atoms with Gasteiger partial charge in [0.2, 0.25) is 11.8 Å². The van der Waals surface area contributed by atoms with Crippen LogP contribution in [0, 0.1) is 5.92 Å². The van der Waals surface area contributed by atoms with Crippen molar-refractivity contribution in [3.63, 3.8) is 0 Å². The van der Waals surface area contributed by atoms with Gasteiger partial charge in [0.05, 0.1) is 13.2 Å². The van der Waals surface area contributed by atoms with Gasteiger partial charge in [0.1, 0.15) is 0 Å². The highest BCUT2D eigenvalue weighted by molar-refractivity contribution is 5.92. The average Bonchev–Trinajstić information content (AvgIpc) is 3.26. The average molecular weight is 487 g/mol. The fourth-order valence-corrected chi connectivity index (χ4v) is 2.72. The molecular weight excluding hydrogens is 459 g/mol. The number of aliphatic carboxylic acids is 1.